The van der Waals surface area contributed by atoms with Gasteiger partial charge in [0.25, 0.3) is 0 Å². The Labute approximate surface area is 207 Å². The minimum Gasteiger partial charge on any atom is -0.475 e. The molecule has 2 N–H and O–H groups in total. The van der Waals surface area contributed by atoms with E-state index in [4.69, 9.17) is 19.8 Å². The van der Waals surface area contributed by atoms with Crippen LogP contribution >= 0.6 is 11.3 Å². The highest BCUT2D eigenvalue weighted by molar-refractivity contribution is 7.11. The van der Waals surface area contributed by atoms with Crippen molar-refractivity contribution in [2.24, 2.45) is 5.92 Å². The van der Waals surface area contributed by atoms with E-state index >= 15 is 0 Å². The number of aliphatic carboxylic acids is 2. The molecule has 1 aliphatic heterocycles. The lowest BCUT2D eigenvalue weighted by Crippen LogP contribution is -2.28. The van der Waals surface area contributed by atoms with E-state index in [9.17, 15) is 26.3 Å². The van der Waals surface area contributed by atoms with Crippen molar-refractivity contribution >= 4 is 23.3 Å². The molecular formula is C23H26F6N2O4S. The minimum absolute atomic E-state index is 0.580. The van der Waals surface area contributed by atoms with Crippen LogP contribution in [0, 0.1) is 12.8 Å². The fraction of sp³-hybridized carbons (Fsp3) is 0.478. The Morgan fingerprint density at radius 3 is 1.86 bits per heavy atom. The number of nitrogens with zero attached hydrogens (tertiary/aromatic N) is 2. The molecule has 0 amide bonds. The summed E-state index contributed by atoms with van der Waals surface area (Å²) in [5.41, 5.74) is 3.16. The number of carboxylic acids is 2. The van der Waals surface area contributed by atoms with E-state index in [1.54, 1.807) is 11.1 Å². The van der Waals surface area contributed by atoms with Crippen LogP contribution < -0.4 is 0 Å². The van der Waals surface area contributed by atoms with E-state index in [0.29, 0.717) is 12.0 Å². The molecule has 1 aliphatic carbocycles. The smallest absolute Gasteiger partial charge is 0.475 e. The van der Waals surface area contributed by atoms with Gasteiger partial charge in [-0.2, -0.15) is 26.3 Å². The number of thiophene rings is 1. The molecule has 13 heteroatoms. The first kappa shape index (κ1) is 29.6. The van der Waals surface area contributed by atoms with Gasteiger partial charge in [-0.05, 0) is 50.2 Å². The number of aryl methyl sites for hydroxylation is 1. The molecule has 1 saturated heterocycles. The van der Waals surface area contributed by atoms with E-state index in [1.807, 2.05) is 11.3 Å². The first-order valence-electron chi connectivity index (χ1n) is 10.7. The van der Waals surface area contributed by atoms with Gasteiger partial charge in [-0.15, -0.1) is 11.3 Å². The molecule has 3 atom stereocenters. The van der Waals surface area contributed by atoms with Gasteiger partial charge in [0.05, 0.1) is 0 Å². The average Bonchev–Trinajstić information content (AvgIpc) is 3.41. The topological polar surface area (TPSA) is 81.1 Å². The van der Waals surface area contributed by atoms with Gasteiger partial charge in [-0.1, -0.05) is 24.3 Å². The van der Waals surface area contributed by atoms with Crippen LogP contribution in [0.3, 0.4) is 0 Å². The maximum absolute atomic E-state index is 10.6. The Balaban J connectivity index is 0.000000271. The Morgan fingerprint density at radius 2 is 1.44 bits per heavy atom. The predicted molar refractivity (Wildman–Crippen MR) is 121 cm³/mol. The number of rotatable bonds is 3. The highest BCUT2D eigenvalue weighted by atomic mass is 32.1. The third-order valence-electron chi connectivity index (χ3n) is 5.78. The van der Waals surface area contributed by atoms with E-state index in [1.165, 1.54) is 22.8 Å². The quantitative estimate of drug-likeness (QED) is 0.524. The van der Waals surface area contributed by atoms with Crippen LogP contribution in [0.4, 0.5) is 26.3 Å². The first-order chi connectivity index (χ1) is 16.5. The number of alkyl halides is 6. The summed E-state index contributed by atoms with van der Waals surface area (Å²) in [6.45, 7) is 5.75. The Kier molecular flexibility index (Phi) is 9.54. The fourth-order valence-corrected chi connectivity index (χ4v) is 5.42. The third-order valence-corrected chi connectivity index (χ3v) is 6.76. The number of carboxylic acid groups (broad SMARTS) is 2. The summed E-state index contributed by atoms with van der Waals surface area (Å²) < 4.78 is 63.5. The van der Waals surface area contributed by atoms with Gasteiger partial charge < -0.3 is 15.1 Å². The zero-order chi connectivity index (χ0) is 27.4. The van der Waals surface area contributed by atoms with Crippen LogP contribution in [-0.4, -0.2) is 71.5 Å². The molecule has 6 nitrogen and oxygen atoms in total. The van der Waals surface area contributed by atoms with Gasteiger partial charge in [-0.3, -0.25) is 4.90 Å². The van der Waals surface area contributed by atoms with E-state index in [2.05, 4.69) is 67.2 Å². The number of fused-ring (bicyclic) bond motifs is 3. The van der Waals surface area contributed by atoms with E-state index in [0.717, 1.165) is 12.5 Å². The Hall–Kier alpha value is -2.64. The Morgan fingerprint density at radius 1 is 0.944 bits per heavy atom. The summed E-state index contributed by atoms with van der Waals surface area (Å²) in [6, 6.07) is 14.2. The first-order valence-corrected chi connectivity index (χ1v) is 11.5. The number of hydrogen-bond donors (Lipinski definition) is 2. The van der Waals surface area contributed by atoms with Crippen LogP contribution in [0.15, 0.2) is 36.4 Å². The van der Waals surface area contributed by atoms with Crippen molar-refractivity contribution in [3.63, 3.8) is 0 Å². The molecule has 0 spiro atoms. The molecule has 0 bridgehead atoms. The van der Waals surface area contributed by atoms with E-state index < -0.39 is 24.3 Å². The summed E-state index contributed by atoms with van der Waals surface area (Å²) in [5, 5.41) is 14.2. The summed E-state index contributed by atoms with van der Waals surface area (Å²) in [6.07, 6.45) is -10.2. The molecule has 36 heavy (non-hydrogen) atoms. The molecule has 1 fully saturated rings. The second kappa shape index (κ2) is 11.6. The number of benzene rings is 1. The lowest BCUT2D eigenvalue weighted by atomic mass is 9.94. The maximum atomic E-state index is 10.6. The third kappa shape index (κ3) is 7.68. The molecule has 1 aromatic heterocycles. The summed E-state index contributed by atoms with van der Waals surface area (Å²) in [7, 11) is 4.46. The second-order valence-electron chi connectivity index (χ2n) is 8.62. The van der Waals surface area contributed by atoms with Gasteiger partial charge >= 0.3 is 24.3 Å². The summed E-state index contributed by atoms with van der Waals surface area (Å²) >= 11 is 1.94. The molecule has 0 unspecified atom stereocenters. The van der Waals surface area contributed by atoms with Crippen molar-refractivity contribution in [1.29, 1.82) is 0 Å². The van der Waals surface area contributed by atoms with Crippen LogP contribution in [-0.2, 0) is 16.1 Å². The second-order valence-corrected chi connectivity index (χ2v) is 9.99. The largest absolute Gasteiger partial charge is 0.490 e. The molecule has 2 heterocycles. The molecule has 2 aromatic rings. The zero-order valence-corrected chi connectivity index (χ0v) is 20.4. The molecule has 0 radical (unpaired) electrons. The predicted octanol–water partition coefficient (Wildman–Crippen LogP) is 5.16. The van der Waals surface area contributed by atoms with Crippen LogP contribution in [0.5, 0.6) is 0 Å². The average molecular weight is 541 g/mol. The van der Waals surface area contributed by atoms with Crippen molar-refractivity contribution in [2.45, 2.75) is 37.8 Å². The van der Waals surface area contributed by atoms with Gasteiger partial charge in [0.1, 0.15) is 0 Å². The standard InChI is InChI=1S/C19H24N2S.2C2HF3O2/c1-13-8-9-14(22-13)10-21-11-17-15-6-4-5-7-16(15)19(20(2)3)18(17)12-21;2*3-2(4,5)1(6)7/h4-9,17-19H,10-12H2,1-3H3;2*(H,6,7)/t17-,18-,19-;;/m0../s1. The van der Waals surface area contributed by atoms with Crippen molar-refractivity contribution in [3.8, 4) is 0 Å². The summed E-state index contributed by atoms with van der Waals surface area (Å²) in [5.74, 6) is -4.06. The number of hydrogen-bond acceptors (Lipinski definition) is 5. The van der Waals surface area contributed by atoms with Gasteiger partial charge in [-0.25, -0.2) is 9.59 Å². The fourth-order valence-electron chi connectivity index (χ4n) is 4.49. The number of halogens is 6. The highest BCUT2D eigenvalue weighted by Gasteiger charge is 2.46. The molecule has 200 valence electrons. The van der Waals surface area contributed by atoms with Crippen molar-refractivity contribution in [1.82, 2.24) is 9.80 Å². The SMILES string of the molecule is Cc1ccc(CN2C[C@H]3[C@@H](C2)c2ccccc2[C@@H]3N(C)C)s1.O=C(O)C(F)(F)F.O=C(O)C(F)(F)F. The van der Waals surface area contributed by atoms with Crippen LogP contribution in [0.25, 0.3) is 0 Å². The maximum Gasteiger partial charge on any atom is 0.490 e. The molecule has 2 aliphatic rings. The van der Waals surface area contributed by atoms with Gasteiger partial charge in [0, 0.05) is 41.3 Å². The van der Waals surface area contributed by atoms with Crippen molar-refractivity contribution < 1.29 is 46.1 Å². The van der Waals surface area contributed by atoms with Gasteiger partial charge in [0.2, 0.25) is 0 Å². The Bertz CT molecular complexity index is 1030. The molecular weight excluding hydrogens is 514 g/mol. The van der Waals surface area contributed by atoms with Crippen molar-refractivity contribution in [3.05, 3.63) is 57.3 Å². The molecule has 1 aromatic carbocycles. The highest BCUT2D eigenvalue weighted by Crippen LogP contribution is 2.51. The number of carbonyl (C=O) groups is 2. The molecule has 4 rings (SSSR count). The number of likely N-dealkylation sites (tertiary alicyclic amines) is 1. The van der Waals surface area contributed by atoms with Gasteiger partial charge in [0.15, 0.2) is 0 Å². The molecule has 0 saturated carbocycles. The van der Waals surface area contributed by atoms with E-state index in [-0.39, 0.29) is 0 Å². The lowest BCUT2D eigenvalue weighted by molar-refractivity contribution is -0.193. The van der Waals surface area contributed by atoms with Crippen LogP contribution in [0.2, 0.25) is 0 Å². The van der Waals surface area contributed by atoms with Crippen molar-refractivity contribution in [2.75, 3.05) is 27.2 Å². The monoisotopic (exact) mass is 540 g/mol. The zero-order valence-electron chi connectivity index (χ0n) is 19.6. The lowest BCUT2D eigenvalue weighted by Gasteiger charge is -2.27. The van der Waals surface area contributed by atoms with Crippen LogP contribution in [0.1, 0.15) is 32.8 Å². The summed E-state index contributed by atoms with van der Waals surface area (Å²) in [4.78, 5) is 25.8. The minimum atomic E-state index is -5.08. The normalized spacial score (nSPS) is 21.1.